The predicted molar refractivity (Wildman–Crippen MR) is 54.7 cm³/mol. The molecule has 1 aromatic rings. The van der Waals surface area contributed by atoms with E-state index in [9.17, 15) is 5.11 Å². The fourth-order valence-electron chi connectivity index (χ4n) is 1.88. The Labute approximate surface area is 84.1 Å². The van der Waals surface area contributed by atoms with Gasteiger partial charge in [0.05, 0.1) is 12.0 Å². The van der Waals surface area contributed by atoms with Gasteiger partial charge in [0.2, 0.25) is 0 Å². The largest absolute Gasteiger partial charge is 0.382 e. The Kier molecular flexibility index (Phi) is 2.68. The standard InChI is InChI=1S/C11H16N2O/c1-13-7-10(12-8-13)11(14)9-5-3-2-4-6-9/h5,7-8,11,14H,2-4,6H2,1H3. The molecule has 0 spiro atoms. The van der Waals surface area contributed by atoms with Gasteiger partial charge in [-0.2, -0.15) is 0 Å². The number of aryl methyl sites for hydroxylation is 1. The monoisotopic (exact) mass is 192 g/mol. The average molecular weight is 192 g/mol. The van der Waals surface area contributed by atoms with Crippen molar-refractivity contribution in [2.75, 3.05) is 0 Å². The van der Waals surface area contributed by atoms with Gasteiger partial charge in [-0.15, -0.1) is 0 Å². The fourth-order valence-corrected chi connectivity index (χ4v) is 1.88. The molecule has 0 bridgehead atoms. The van der Waals surface area contributed by atoms with Crippen LogP contribution in [0.15, 0.2) is 24.2 Å². The van der Waals surface area contributed by atoms with Crippen LogP contribution in [0.2, 0.25) is 0 Å². The zero-order chi connectivity index (χ0) is 9.97. The lowest BCUT2D eigenvalue weighted by Crippen LogP contribution is -2.05. The minimum absolute atomic E-state index is 0.489. The summed E-state index contributed by atoms with van der Waals surface area (Å²) in [4.78, 5) is 4.16. The number of aliphatic hydroxyl groups is 1. The van der Waals surface area contributed by atoms with E-state index < -0.39 is 6.10 Å². The van der Waals surface area contributed by atoms with Gasteiger partial charge < -0.3 is 9.67 Å². The Hall–Kier alpha value is -1.09. The minimum Gasteiger partial charge on any atom is -0.382 e. The zero-order valence-electron chi connectivity index (χ0n) is 8.48. The Morgan fingerprint density at radius 1 is 1.50 bits per heavy atom. The predicted octanol–water partition coefficient (Wildman–Crippen LogP) is 1.95. The molecule has 76 valence electrons. The molecule has 3 nitrogen and oxygen atoms in total. The number of allylic oxidation sites excluding steroid dienone is 1. The first-order valence-corrected chi connectivity index (χ1v) is 5.12. The molecule has 1 N–H and O–H groups in total. The second-order valence-electron chi connectivity index (χ2n) is 3.89. The number of imidazole rings is 1. The molecular formula is C11H16N2O. The SMILES string of the molecule is Cn1cnc(C(O)C2=CCCCC2)c1. The van der Waals surface area contributed by atoms with Crippen molar-refractivity contribution >= 4 is 0 Å². The van der Waals surface area contributed by atoms with Gasteiger partial charge in [-0.1, -0.05) is 6.08 Å². The molecule has 1 atom stereocenters. The second-order valence-corrected chi connectivity index (χ2v) is 3.89. The van der Waals surface area contributed by atoms with Crippen LogP contribution in [0.4, 0.5) is 0 Å². The van der Waals surface area contributed by atoms with Crippen LogP contribution in [0.25, 0.3) is 0 Å². The van der Waals surface area contributed by atoms with Crippen LogP contribution in [-0.4, -0.2) is 14.7 Å². The molecule has 1 aliphatic carbocycles. The van der Waals surface area contributed by atoms with E-state index in [2.05, 4.69) is 11.1 Å². The maximum Gasteiger partial charge on any atom is 0.119 e. The lowest BCUT2D eigenvalue weighted by molar-refractivity contribution is 0.204. The second kappa shape index (κ2) is 3.96. The van der Waals surface area contributed by atoms with Gasteiger partial charge in [0.15, 0.2) is 0 Å². The number of hydrogen-bond donors (Lipinski definition) is 1. The van der Waals surface area contributed by atoms with Crippen molar-refractivity contribution in [1.82, 2.24) is 9.55 Å². The summed E-state index contributed by atoms with van der Waals surface area (Å²) in [6.07, 6.45) is 9.81. The normalized spacial score (nSPS) is 19.1. The maximum atomic E-state index is 10.0. The molecular weight excluding hydrogens is 176 g/mol. The van der Waals surface area contributed by atoms with Crippen LogP contribution < -0.4 is 0 Å². The third-order valence-electron chi connectivity index (χ3n) is 2.68. The van der Waals surface area contributed by atoms with Crippen LogP contribution in [0, 0.1) is 0 Å². The summed E-state index contributed by atoms with van der Waals surface area (Å²) in [6, 6.07) is 0. The Balaban J connectivity index is 2.14. The molecule has 1 aromatic heterocycles. The first-order valence-electron chi connectivity index (χ1n) is 5.12. The molecule has 0 aliphatic heterocycles. The highest BCUT2D eigenvalue weighted by atomic mass is 16.3. The van der Waals surface area contributed by atoms with E-state index in [4.69, 9.17) is 0 Å². The fraction of sp³-hybridized carbons (Fsp3) is 0.545. The van der Waals surface area contributed by atoms with E-state index in [0.29, 0.717) is 0 Å². The highest BCUT2D eigenvalue weighted by Gasteiger charge is 2.16. The van der Waals surface area contributed by atoms with E-state index in [-0.39, 0.29) is 0 Å². The third-order valence-corrected chi connectivity index (χ3v) is 2.68. The van der Waals surface area contributed by atoms with Gasteiger partial charge in [0, 0.05) is 13.2 Å². The van der Waals surface area contributed by atoms with Crippen LogP contribution in [0.1, 0.15) is 37.5 Å². The van der Waals surface area contributed by atoms with E-state index in [1.165, 1.54) is 12.8 Å². The molecule has 0 amide bonds. The first-order chi connectivity index (χ1) is 6.77. The number of nitrogens with zero attached hydrogens (tertiary/aromatic N) is 2. The number of aromatic nitrogens is 2. The minimum atomic E-state index is -0.489. The van der Waals surface area contributed by atoms with Crippen molar-refractivity contribution in [3.63, 3.8) is 0 Å². The number of hydrogen-bond acceptors (Lipinski definition) is 2. The summed E-state index contributed by atoms with van der Waals surface area (Å²) in [7, 11) is 1.92. The summed E-state index contributed by atoms with van der Waals surface area (Å²) < 4.78 is 1.86. The van der Waals surface area contributed by atoms with Gasteiger partial charge >= 0.3 is 0 Å². The van der Waals surface area contributed by atoms with Crippen LogP contribution in [-0.2, 0) is 7.05 Å². The van der Waals surface area contributed by atoms with E-state index >= 15 is 0 Å². The zero-order valence-corrected chi connectivity index (χ0v) is 8.48. The molecule has 2 rings (SSSR count). The smallest absolute Gasteiger partial charge is 0.119 e. The van der Waals surface area contributed by atoms with E-state index in [0.717, 1.165) is 24.1 Å². The molecule has 14 heavy (non-hydrogen) atoms. The summed E-state index contributed by atoms with van der Waals surface area (Å²) in [5, 5.41) is 10.0. The Morgan fingerprint density at radius 2 is 2.36 bits per heavy atom. The molecule has 0 radical (unpaired) electrons. The Bertz CT molecular complexity index is 341. The lowest BCUT2D eigenvalue weighted by Gasteiger charge is -2.16. The topological polar surface area (TPSA) is 38.0 Å². The van der Waals surface area contributed by atoms with Crippen molar-refractivity contribution in [3.8, 4) is 0 Å². The van der Waals surface area contributed by atoms with E-state index in [1.54, 1.807) is 6.33 Å². The molecule has 3 heteroatoms. The highest BCUT2D eigenvalue weighted by Crippen LogP contribution is 2.28. The summed E-state index contributed by atoms with van der Waals surface area (Å²) >= 11 is 0. The van der Waals surface area contributed by atoms with Gasteiger partial charge in [0.1, 0.15) is 6.10 Å². The third kappa shape index (κ3) is 1.87. The molecule has 0 fully saturated rings. The lowest BCUT2D eigenvalue weighted by atomic mass is 9.94. The van der Waals surface area contributed by atoms with Crippen LogP contribution in [0.5, 0.6) is 0 Å². The summed E-state index contributed by atoms with van der Waals surface area (Å²) in [5.74, 6) is 0. The van der Waals surface area contributed by atoms with Crippen molar-refractivity contribution in [3.05, 3.63) is 29.9 Å². The van der Waals surface area contributed by atoms with Crippen LogP contribution >= 0.6 is 0 Å². The molecule has 1 heterocycles. The van der Waals surface area contributed by atoms with Crippen molar-refractivity contribution in [2.45, 2.75) is 31.8 Å². The van der Waals surface area contributed by atoms with E-state index in [1.807, 2.05) is 17.8 Å². The van der Waals surface area contributed by atoms with Gasteiger partial charge in [-0.05, 0) is 31.3 Å². The van der Waals surface area contributed by atoms with Crippen LogP contribution in [0.3, 0.4) is 0 Å². The van der Waals surface area contributed by atoms with Crippen molar-refractivity contribution in [1.29, 1.82) is 0 Å². The Morgan fingerprint density at radius 3 is 2.93 bits per heavy atom. The summed E-state index contributed by atoms with van der Waals surface area (Å²) in [6.45, 7) is 0. The average Bonchev–Trinajstić information content (AvgIpc) is 2.65. The van der Waals surface area contributed by atoms with Crippen molar-refractivity contribution in [2.24, 2.45) is 7.05 Å². The summed E-state index contributed by atoms with van der Waals surface area (Å²) in [5.41, 5.74) is 1.90. The molecule has 0 saturated heterocycles. The maximum absolute atomic E-state index is 10.0. The quantitative estimate of drug-likeness (QED) is 0.727. The first kappa shape index (κ1) is 9.46. The number of rotatable bonds is 2. The van der Waals surface area contributed by atoms with Crippen molar-refractivity contribution < 1.29 is 5.11 Å². The van der Waals surface area contributed by atoms with Gasteiger partial charge in [0.25, 0.3) is 0 Å². The molecule has 0 saturated carbocycles. The molecule has 1 unspecified atom stereocenters. The molecule has 1 aliphatic rings. The molecule has 0 aromatic carbocycles. The van der Waals surface area contributed by atoms with Gasteiger partial charge in [-0.25, -0.2) is 4.98 Å². The van der Waals surface area contributed by atoms with Gasteiger partial charge in [-0.3, -0.25) is 0 Å². The highest BCUT2D eigenvalue weighted by molar-refractivity contribution is 5.19. The number of aliphatic hydroxyl groups excluding tert-OH is 1.